The van der Waals surface area contributed by atoms with Crippen molar-refractivity contribution in [3.8, 4) is 11.5 Å². The second-order valence-electron chi connectivity index (χ2n) is 5.58. The summed E-state index contributed by atoms with van der Waals surface area (Å²) < 4.78 is 11.3. The Bertz CT molecular complexity index is 722. The highest BCUT2D eigenvalue weighted by Crippen LogP contribution is 2.38. The summed E-state index contributed by atoms with van der Waals surface area (Å²) in [6, 6.07) is 12.5. The van der Waals surface area contributed by atoms with Crippen molar-refractivity contribution in [1.29, 1.82) is 0 Å². The van der Waals surface area contributed by atoms with Gasteiger partial charge in [-0.2, -0.15) is 0 Å². The number of nitrogens with two attached hydrogens (primary N) is 1. The summed E-state index contributed by atoms with van der Waals surface area (Å²) in [5.41, 5.74) is 7.24. The molecule has 0 aromatic heterocycles. The molecule has 0 fully saturated rings. The van der Waals surface area contributed by atoms with Gasteiger partial charge < -0.3 is 15.2 Å². The van der Waals surface area contributed by atoms with Gasteiger partial charge in [0.1, 0.15) is 6.04 Å². The number of rotatable bonds is 5. The van der Waals surface area contributed by atoms with Gasteiger partial charge in [-0.3, -0.25) is 10.1 Å². The van der Waals surface area contributed by atoms with Crippen molar-refractivity contribution >= 4 is 17.5 Å². The molecule has 0 radical (unpaired) electrons. The Morgan fingerprint density at radius 1 is 1.21 bits per heavy atom. The fourth-order valence-electron chi connectivity index (χ4n) is 2.63. The zero-order chi connectivity index (χ0) is 16.9. The van der Waals surface area contributed by atoms with Crippen LogP contribution in [0.25, 0.3) is 0 Å². The van der Waals surface area contributed by atoms with Gasteiger partial charge in [-0.05, 0) is 23.3 Å². The molecule has 3 rings (SSSR count). The lowest BCUT2D eigenvalue weighted by atomic mass is 10.1. The van der Waals surface area contributed by atoms with Crippen molar-refractivity contribution in [3.05, 3.63) is 58.6 Å². The summed E-state index contributed by atoms with van der Waals surface area (Å²) in [4.78, 5) is 11.8. The molecule has 1 heterocycles. The zero-order valence-electron chi connectivity index (χ0n) is 13.1. The molecule has 126 valence electrons. The van der Waals surface area contributed by atoms with E-state index in [4.69, 9.17) is 26.8 Å². The molecule has 5 nitrogen and oxygen atoms in total. The van der Waals surface area contributed by atoms with E-state index in [9.17, 15) is 4.79 Å². The topological polar surface area (TPSA) is 73.6 Å². The summed E-state index contributed by atoms with van der Waals surface area (Å²) in [5, 5.41) is 3.67. The van der Waals surface area contributed by atoms with Crippen LogP contribution in [-0.2, 0) is 11.3 Å². The van der Waals surface area contributed by atoms with E-state index in [0.29, 0.717) is 36.3 Å². The second-order valence-corrected chi connectivity index (χ2v) is 5.99. The molecular formula is C18H19ClN2O3. The molecule has 0 spiro atoms. The van der Waals surface area contributed by atoms with Gasteiger partial charge in [-0.15, -0.1) is 0 Å². The lowest BCUT2D eigenvalue weighted by molar-refractivity contribution is -0.120. The van der Waals surface area contributed by atoms with E-state index in [1.807, 2.05) is 42.5 Å². The molecule has 0 unspecified atom stereocenters. The largest absolute Gasteiger partial charge is 0.489 e. The number of primary amides is 1. The van der Waals surface area contributed by atoms with Gasteiger partial charge in [0.2, 0.25) is 5.91 Å². The van der Waals surface area contributed by atoms with Crippen molar-refractivity contribution in [2.75, 3.05) is 13.2 Å². The summed E-state index contributed by atoms with van der Waals surface area (Å²) in [7, 11) is 0. The molecule has 6 heteroatoms. The van der Waals surface area contributed by atoms with Crippen LogP contribution in [-0.4, -0.2) is 19.1 Å². The van der Waals surface area contributed by atoms with Crippen LogP contribution in [0.1, 0.15) is 23.6 Å². The molecule has 1 atom stereocenters. The highest BCUT2D eigenvalue weighted by atomic mass is 35.5. The maximum atomic E-state index is 11.8. The number of hydrogen-bond acceptors (Lipinski definition) is 4. The number of nitrogens with one attached hydrogen (secondary N) is 1. The molecule has 0 saturated heterocycles. The van der Waals surface area contributed by atoms with E-state index in [1.165, 1.54) is 0 Å². The quantitative estimate of drug-likeness (QED) is 0.873. The molecule has 0 aliphatic carbocycles. The maximum absolute atomic E-state index is 11.8. The summed E-state index contributed by atoms with van der Waals surface area (Å²) >= 11 is 6.29. The zero-order valence-corrected chi connectivity index (χ0v) is 13.9. The molecule has 2 aromatic carbocycles. The molecule has 0 saturated carbocycles. The van der Waals surface area contributed by atoms with Crippen LogP contribution < -0.4 is 20.5 Å². The predicted octanol–water partition coefficient (Wildman–Crippen LogP) is 2.82. The fourth-order valence-corrected chi connectivity index (χ4v) is 2.92. The fraction of sp³-hybridized carbons (Fsp3) is 0.278. The van der Waals surface area contributed by atoms with E-state index in [0.717, 1.165) is 17.5 Å². The average Bonchev–Trinajstić information content (AvgIpc) is 2.81. The number of ether oxygens (including phenoxy) is 2. The first kappa shape index (κ1) is 16.6. The van der Waals surface area contributed by atoms with Crippen LogP contribution in [0.15, 0.2) is 42.5 Å². The van der Waals surface area contributed by atoms with Crippen LogP contribution in [0.2, 0.25) is 5.02 Å². The van der Waals surface area contributed by atoms with Crippen molar-refractivity contribution in [2.24, 2.45) is 5.73 Å². The highest BCUT2D eigenvalue weighted by molar-refractivity contribution is 6.32. The Hall–Kier alpha value is -2.24. The summed E-state index contributed by atoms with van der Waals surface area (Å²) in [6.45, 7) is 1.61. The second kappa shape index (κ2) is 7.55. The lowest BCUT2D eigenvalue weighted by Crippen LogP contribution is -2.33. The summed E-state index contributed by atoms with van der Waals surface area (Å²) in [6.07, 6.45) is 0.816. The molecular weight excluding hydrogens is 328 g/mol. The van der Waals surface area contributed by atoms with E-state index in [1.54, 1.807) is 0 Å². The average molecular weight is 347 g/mol. The van der Waals surface area contributed by atoms with Crippen LogP contribution in [0.3, 0.4) is 0 Å². The smallest absolute Gasteiger partial charge is 0.239 e. The van der Waals surface area contributed by atoms with Crippen LogP contribution >= 0.6 is 11.6 Å². The van der Waals surface area contributed by atoms with Gasteiger partial charge in [0, 0.05) is 13.0 Å². The van der Waals surface area contributed by atoms with E-state index < -0.39 is 11.9 Å². The predicted molar refractivity (Wildman–Crippen MR) is 92.3 cm³/mol. The highest BCUT2D eigenvalue weighted by Gasteiger charge is 2.19. The molecule has 1 aliphatic heterocycles. The Morgan fingerprint density at radius 2 is 1.96 bits per heavy atom. The van der Waals surface area contributed by atoms with E-state index in [-0.39, 0.29) is 0 Å². The van der Waals surface area contributed by atoms with Crippen molar-refractivity contribution in [2.45, 2.75) is 19.0 Å². The van der Waals surface area contributed by atoms with Crippen LogP contribution in [0.5, 0.6) is 11.5 Å². The minimum absolute atomic E-state index is 0.429. The Kier molecular flexibility index (Phi) is 5.23. The van der Waals surface area contributed by atoms with Crippen LogP contribution in [0.4, 0.5) is 0 Å². The SMILES string of the molecule is NC(=O)[C@@H](NCc1cc(Cl)c2c(c1)OCCCO2)c1ccccc1. The van der Waals surface area contributed by atoms with Crippen molar-refractivity contribution in [1.82, 2.24) is 5.32 Å². The minimum atomic E-state index is -0.569. The third kappa shape index (κ3) is 3.80. The standard InChI is InChI=1S/C18H19ClN2O3/c19-14-9-12(10-15-17(14)24-8-4-7-23-15)11-21-16(18(20)22)13-5-2-1-3-6-13/h1-3,5-6,9-10,16,21H,4,7-8,11H2,(H2,20,22)/t16-/m0/s1. The lowest BCUT2D eigenvalue weighted by Gasteiger charge is -2.17. The number of carbonyl (C=O) groups is 1. The number of fused-ring (bicyclic) bond motifs is 1. The number of hydrogen-bond donors (Lipinski definition) is 2. The third-order valence-electron chi connectivity index (χ3n) is 3.79. The van der Waals surface area contributed by atoms with E-state index >= 15 is 0 Å². The van der Waals surface area contributed by atoms with Gasteiger partial charge in [-0.25, -0.2) is 0 Å². The first-order valence-electron chi connectivity index (χ1n) is 7.81. The Morgan fingerprint density at radius 3 is 2.71 bits per heavy atom. The summed E-state index contributed by atoms with van der Waals surface area (Å²) in [5.74, 6) is 0.779. The van der Waals surface area contributed by atoms with Gasteiger partial charge in [0.15, 0.2) is 11.5 Å². The third-order valence-corrected chi connectivity index (χ3v) is 4.07. The number of carbonyl (C=O) groups excluding carboxylic acids is 1. The maximum Gasteiger partial charge on any atom is 0.239 e. The van der Waals surface area contributed by atoms with Crippen LogP contribution in [0, 0.1) is 0 Å². The van der Waals surface area contributed by atoms with Gasteiger partial charge in [0.25, 0.3) is 0 Å². The Labute approximate surface area is 145 Å². The first-order chi connectivity index (χ1) is 11.6. The molecule has 3 N–H and O–H groups in total. The molecule has 2 aromatic rings. The van der Waals surface area contributed by atoms with Crippen molar-refractivity contribution in [3.63, 3.8) is 0 Å². The molecule has 1 aliphatic rings. The first-order valence-corrected chi connectivity index (χ1v) is 8.18. The normalized spacial score (nSPS) is 14.7. The minimum Gasteiger partial charge on any atom is -0.489 e. The number of amides is 1. The monoisotopic (exact) mass is 346 g/mol. The number of benzene rings is 2. The Balaban J connectivity index is 1.77. The van der Waals surface area contributed by atoms with Gasteiger partial charge in [0.05, 0.1) is 18.2 Å². The molecule has 24 heavy (non-hydrogen) atoms. The molecule has 0 bridgehead atoms. The van der Waals surface area contributed by atoms with E-state index in [2.05, 4.69) is 5.32 Å². The van der Waals surface area contributed by atoms with Gasteiger partial charge >= 0.3 is 0 Å². The van der Waals surface area contributed by atoms with Gasteiger partial charge in [-0.1, -0.05) is 41.9 Å². The number of halogens is 1. The molecule has 1 amide bonds. The van der Waals surface area contributed by atoms with Crippen molar-refractivity contribution < 1.29 is 14.3 Å².